The minimum absolute atomic E-state index is 0.444. The summed E-state index contributed by atoms with van der Waals surface area (Å²) in [5, 5.41) is 6.17. The molecule has 0 atom stereocenters. The van der Waals surface area contributed by atoms with Crippen molar-refractivity contribution in [3.63, 3.8) is 0 Å². The van der Waals surface area contributed by atoms with Crippen LogP contribution in [-0.4, -0.2) is 25.1 Å². The average molecular weight is 265 g/mol. The molecule has 3 aromatic heterocycles. The summed E-state index contributed by atoms with van der Waals surface area (Å²) in [7, 11) is 0. The van der Waals surface area contributed by atoms with Crippen LogP contribution in [0.3, 0.4) is 0 Å². The van der Waals surface area contributed by atoms with E-state index < -0.39 is 0 Å². The normalized spacial score (nSPS) is 11.1. The highest BCUT2D eigenvalue weighted by atomic mass is 32.2. The number of aromatic nitrogens is 5. The van der Waals surface area contributed by atoms with Gasteiger partial charge in [-0.15, -0.1) is 0 Å². The van der Waals surface area contributed by atoms with E-state index in [1.54, 1.807) is 6.20 Å². The van der Waals surface area contributed by atoms with Gasteiger partial charge in [0.15, 0.2) is 11.2 Å². The summed E-state index contributed by atoms with van der Waals surface area (Å²) in [6.45, 7) is 0. The smallest absolute Gasteiger partial charge is 0.258 e. The Kier molecular flexibility index (Phi) is 2.65. The van der Waals surface area contributed by atoms with Crippen molar-refractivity contribution in [1.82, 2.24) is 25.1 Å². The summed E-state index contributed by atoms with van der Waals surface area (Å²) >= 11 is 6.29. The van der Waals surface area contributed by atoms with Crippen molar-refractivity contribution in [3.8, 4) is 0 Å². The van der Waals surface area contributed by atoms with Gasteiger partial charge < -0.3 is 4.42 Å². The Labute approximate surface area is 105 Å². The van der Waals surface area contributed by atoms with Crippen molar-refractivity contribution in [2.45, 2.75) is 11.0 Å². The molecule has 3 aromatic rings. The van der Waals surface area contributed by atoms with E-state index >= 15 is 0 Å². The number of hydrogen-bond acceptors (Lipinski definition) is 6. The number of H-pyrrole nitrogens is 2. The lowest BCUT2D eigenvalue weighted by Gasteiger charge is -1.90. The standard InChI is InChI=1S/C9H7N5OS2/c16-8-11-6(13-14-8)4-17-9-12-7-5(15-9)2-1-3-10-7/h1-3H,4H2,(H2,11,13,14,16). The number of oxazole rings is 1. The first-order chi connectivity index (χ1) is 8.31. The van der Waals surface area contributed by atoms with Crippen molar-refractivity contribution < 1.29 is 4.42 Å². The van der Waals surface area contributed by atoms with Gasteiger partial charge in [-0.05, 0) is 24.4 Å². The van der Waals surface area contributed by atoms with Crippen molar-refractivity contribution in [1.29, 1.82) is 0 Å². The third kappa shape index (κ3) is 2.22. The van der Waals surface area contributed by atoms with Gasteiger partial charge in [0.1, 0.15) is 5.82 Å². The second-order valence-electron chi connectivity index (χ2n) is 3.21. The molecule has 0 aliphatic rings. The molecular weight excluding hydrogens is 258 g/mol. The fraction of sp³-hybridized carbons (Fsp3) is 0.111. The van der Waals surface area contributed by atoms with Crippen LogP contribution in [-0.2, 0) is 5.75 Å². The molecule has 0 amide bonds. The number of pyridine rings is 1. The number of nitrogens with one attached hydrogen (secondary N) is 2. The van der Waals surface area contributed by atoms with Crippen LogP contribution in [0.2, 0.25) is 0 Å². The molecule has 0 aliphatic carbocycles. The molecule has 0 spiro atoms. The van der Waals surface area contributed by atoms with E-state index in [0.717, 1.165) is 5.82 Å². The molecule has 17 heavy (non-hydrogen) atoms. The predicted molar refractivity (Wildman–Crippen MR) is 65.1 cm³/mol. The first-order valence-corrected chi connectivity index (χ1v) is 6.18. The van der Waals surface area contributed by atoms with Crippen LogP contribution in [0.15, 0.2) is 28.0 Å². The second kappa shape index (κ2) is 4.30. The molecular formula is C9H7N5OS2. The van der Waals surface area contributed by atoms with E-state index in [2.05, 4.69) is 25.1 Å². The number of fused-ring (bicyclic) bond motifs is 1. The zero-order valence-corrected chi connectivity index (χ0v) is 10.1. The van der Waals surface area contributed by atoms with E-state index in [1.807, 2.05) is 12.1 Å². The van der Waals surface area contributed by atoms with Gasteiger partial charge in [-0.25, -0.2) is 9.97 Å². The van der Waals surface area contributed by atoms with E-state index in [4.69, 9.17) is 16.6 Å². The average Bonchev–Trinajstić information content (AvgIpc) is 2.91. The molecule has 8 heteroatoms. The maximum Gasteiger partial charge on any atom is 0.258 e. The second-order valence-corrected chi connectivity index (χ2v) is 4.52. The number of thioether (sulfide) groups is 1. The van der Waals surface area contributed by atoms with Crippen molar-refractivity contribution in [2.24, 2.45) is 0 Å². The third-order valence-corrected chi connectivity index (χ3v) is 3.06. The van der Waals surface area contributed by atoms with E-state index in [1.165, 1.54) is 11.8 Å². The van der Waals surface area contributed by atoms with Gasteiger partial charge >= 0.3 is 0 Å². The lowest BCUT2D eigenvalue weighted by molar-refractivity contribution is 0.489. The third-order valence-electron chi connectivity index (χ3n) is 2.03. The SMILES string of the molecule is S=c1nc(CSc2nc3ncccc3o2)[nH][nH]1. The van der Waals surface area contributed by atoms with Gasteiger partial charge in [-0.2, -0.15) is 4.98 Å². The maximum atomic E-state index is 5.51. The summed E-state index contributed by atoms with van der Waals surface area (Å²) in [5.74, 6) is 1.37. The lowest BCUT2D eigenvalue weighted by atomic mass is 10.5. The van der Waals surface area contributed by atoms with Gasteiger partial charge in [0, 0.05) is 6.20 Å². The van der Waals surface area contributed by atoms with Crippen LogP contribution < -0.4 is 0 Å². The first kappa shape index (κ1) is 10.5. The molecule has 0 fully saturated rings. The van der Waals surface area contributed by atoms with Gasteiger partial charge in [-0.3, -0.25) is 10.2 Å². The highest BCUT2D eigenvalue weighted by Crippen LogP contribution is 2.23. The predicted octanol–water partition coefficient (Wildman–Crippen LogP) is 2.30. The molecule has 0 saturated heterocycles. The molecule has 0 radical (unpaired) electrons. The number of hydrogen-bond donors (Lipinski definition) is 2. The lowest BCUT2D eigenvalue weighted by Crippen LogP contribution is -1.83. The number of nitrogens with zero attached hydrogens (tertiary/aromatic N) is 3. The Balaban J connectivity index is 1.78. The fourth-order valence-electron chi connectivity index (χ4n) is 1.31. The van der Waals surface area contributed by atoms with E-state index in [-0.39, 0.29) is 0 Å². The summed E-state index contributed by atoms with van der Waals surface area (Å²) < 4.78 is 5.95. The molecule has 0 bridgehead atoms. The van der Waals surface area contributed by atoms with Gasteiger partial charge in [-0.1, -0.05) is 11.8 Å². The molecule has 0 aromatic carbocycles. The molecule has 0 saturated carbocycles. The Morgan fingerprint density at radius 2 is 2.29 bits per heavy atom. The quantitative estimate of drug-likeness (QED) is 0.558. The Bertz CT molecular complexity index is 667. The monoisotopic (exact) mass is 265 g/mol. The Morgan fingerprint density at radius 3 is 3.06 bits per heavy atom. The molecule has 3 heterocycles. The number of aromatic amines is 2. The molecule has 86 valence electrons. The van der Waals surface area contributed by atoms with Gasteiger partial charge in [0.2, 0.25) is 4.77 Å². The highest BCUT2D eigenvalue weighted by Gasteiger charge is 2.07. The van der Waals surface area contributed by atoms with Crippen LogP contribution in [0.4, 0.5) is 0 Å². The minimum atomic E-state index is 0.444. The topological polar surface area (TPSA) is 83.4 Å². The first-order valence-electron chi connectivity index (χ1n) is 4.79. The summed E-state index contributed by atoms with van der Waals surface area (Å²) in [6, 6.07) is 3.65. The van der Waals surface area contributed by atoms with Crippen molar-refractivity contribution in [3.05, 3.63) is 28.9 Å². The van der Waals surface area contributed by atoms with Crippen molar-refractivity contribution >= 4 is 35.2 Å². The largest absolute Gasteiger partial charge is 0.430 e. The zero-order chi connectivity index (χ0) is 11.7. The maximum absolute atomic E-state index is 5.51. The van der Waals surface area contributed by atoms with Crippen LogP contribution in [0.5, 0.6) is 0 Å². The van der Waals surface area contributed by atoms with Gasteiger partial charge in [0.25, 0.3) is 5.22 Å². The van der Waals surface area contributed by atoms with Crippen LogP contribution in [0.25, 0.3) is 11.2 Å². The Morgan fingerprint density at radius 1 is 1.35 bits per heavy atom. The van der Waals surface area contributed by atoms with E-state index in [9.17, 15) is 0 Å². The van der Waals surface area contributed by atoms with Crippen LogP contribution in [0.1, 0.15) is 5.82 Å². The summed E-state index contributed by atoms with van der Waals surface area (Å²) in [4.78, 5) is 12.4. The minimum Gasteiger partial charge on any atom is -0.430 e. The van der Waals surface area contributed by atoms with Gasteiger partial charge in [0.05, 0.1) is 5.75 Å². The van der Waals surface area contributed by atoms with Crippen molar-refractivity contribution in [2.75, 3.05) is 0 Å². The summed E-state index contributed by atoms with van der Waals surface area (Å²) in [6.07, 6.45) is 1.68. The molecule has 6 nitrogen and oxygen atoms in total. The number of rotatable bonds is 3. The fourth-order valence-corrected chi connectivity index (χ4v) is 2.17. The summed E-state index contributed by atoms with van der Waals surface area (Å²) in [5.41, 5.74) is 1.30. The zero-order valence-electron chi connectivity index (χ0n) is 8.51. The molecule has 2 N–H and O–H groups in total. The van der Waals surface area contributed by atoms with Crippen LogP contribution >= 0.6 is 24.0 Å². The molecule has 0 aliphatic heterocycles. The Hall–Kier alpha value is -1.67. The highest BCUT2D eigenvalue weighted by molar-refractivity contribution is 7.98. The molecule has 0 unspecified atom stereocenters. The molecule has 3 rings (SSSR count). The van der Waals surface area contributed by atoms with E-state index in [0.29, 0.717) is 27.0 Å². The van der Waals surface area contributed by atoms with Crippen LogP contribution in [0, 0.1) is 4.77 Å².